The third-order valence-corrected chi connectivity index (χ3v) is 2.82. The molecule has 2 atom stereocenters. The molecule has 0 aliphatic heterocycles. The van der Waals surface area contributed by atoms with Gasteiger partial charge in [-0.05, 0) is 12.8 Å². The Morgan fingerprint density at radius 1 is 1.00 bits per heavy atom. The fourth-order valence-electron chi connectivity index (χ4n) is 2.07. The largest absolute Gasteiger partial charge is 0.386 e. The van der Waals surface area contributed by atoms with Crippen LogP contribution in [-0.2, 0) is 0 Å². The van der Waals surface area contributed by atoms with Crippen LogP contribution in [0.2, 0.25) is 0 Å². The number of aliphatic hydroxyl groups is 1. The summed E-state index contributed by atoms with van der Waals surface area (Å²) >= 11 is 0. The Kier molecular flexibility index (Phi) is 2.60. The minimum Gasteiger partial charge on any atom is -0.386 e. The van der Waals surface area contributed by atoms with Crippen LogP contribution >= 0.6 is 0 Å². The average Bonchev–Trinajstić information content (AvgIpc) is 2.20. The third-order valence-electron chi connectivity index (χ3n) is 2.82. The molecule has 1 heterocycles. The third kappa shape index (κ3) is 1.89. The van der Waals surface area contributed by atoms with E-state index in [0.717, 1.165) is 12.8 Å². The van der Waals surface area contributed by atoms with E-state index in [1.807, 2.05) is 30.6 Å². The van der Waals surface area contributed by atoms with Crippen molar-refractivity contribution in [3.63, 3.8) is 0 Å². The van der Waals surface area contributed by atoms with E-state index in [4.69, 9.17) is 0 Å². The molecule has 2 heteroatoms. The van der Waals surface area contributed by atoms with Gasteiger partial charge in [-0.15, -0.1) is 0 Å². The average molecular weight is 178 g/mol. The second-order valence-corrected chi connectivity index (χ2v) is 3.74. The summed E-state index contributed by atoms with van der Waals surface area (Å²) in [5.41, 5.74) is 0. The quantitative estimate of drug-likeness (QED) is 0.647. The predicted octanol–water partition coefficient (Wildman–Crippen LogP) is 1.45. The highest BCUT2D eigenvalue weighted by Crippen LogP contribution is 2.23. The summed E-state index contributed by atoms with van der Waals surface area (Å²) in [5.74, 6) is 0. The zero-order valence-corrected chi connectivity index (χ0v) is 7.76. The second-order valence-electron chi connectivity index (χ2n) is 3.74. The number of aliphatic hydroxyl groups excluding tert-OH is 1. The van der Waals surface area contributed by atoms with Gasteiger partial charge in [-0.3, -0.25) is 0 Å². The highest BCUT2D eigenvalue weighted by molar-refractivity contribution is 4.85. The zero-order valence-electron chi connectivity index (χ0n) is 7.76. The molecule has 0 radical (unpaired) electrons. The molecule has 0 unspecified atom stereocenters. The molecular weight excluding hydrogens is 162 g/mol. The van der Waals surface area contributed by atoms with Crippen molar-refractivity contribution in [2.24, 2.45) is 0 Å². The minimum atomic E-state index is -0.152. The molecule has 70 valence electrons. The van der Waals surface area contributed by atoms with Crippen LogP contribution < -0.4 is 4.57 Å². The number of aromatic nitrogens is 1. The highest BCUT2D eigenvalue weighted by Gasteiger charge is 2.29. The van der Waals surface area contributed by atoms with Gasteiger partial charge in [-0.1, -0.05) is 12.5 Å². The van der Waals surface area contributed by atoms with E-state index in [1.54, 1.807) is 0 Å². The first-order chi connectivity index (χ1) is 6.38. The summed E-state index contributed by atoms with van der Waals surface area (Å²) in [5, 5.41) is 9.80. The summed E-state index contributed by atoms with van der Waals surface area (Å²) in [6.07, 6.45) is 8.40. The Balaban J connectivity index is 2.15. The normalized spacial score (nSPS) is 28.7. The first kappa shape index (κ1) is 8.70. The van der Waals surface area contributed by atoms with Crippen molar-refractivity contribution >= 4 is 0 Å². The SMILES string of the molecule is O[C@H]1CCCC[C@@H]1[n+]1ccccc1. The van der Waals surface area contributed by atoms with E-state index in [0.29, 0.717) is 6.04 Å². The summed E-state index contributed by atoms with van der Waals surface area (Å²) in [7, 11) is 0. The van der Waals surface area contributed by atoms with E-state index in [1.165, 1.54) is 12.8 Å². The van der Waals surface area contributed by atoms with Crippen LogP contribution in [0.3, 0.4) is 0 Å². The molecule has 0 saturated heterocycles. The van der Waals surface area contributed by atoms with Crippen molar-refractivity contribution in [3.8, 4) is 0 Å². The maximum atomic E-state index is 9.80. The van der Waals surface area contributed by atoms with Gasteiger partial charge in [-0.25, -0.2) is 0 Å². The molecule has 0 amide bonds. The fraction of sp³-hybridized carbons (Fsp3) is 0.545. The van der Waals surface area contributed by atoms with Gasteiger partial charge >= 0.3 is 0 Å². The molecule has 1 saturated carbocycles. The molecule has 1 aliphatic carbocycles. The van der Waals surface area contributed by atoms with Crippen molar-refractivity contribution in [3.05, 3.63) is 30.6 Å². The lowest BCUT2D eigenvalue weighted by molar-refractivity contribution is -0.732. The van der Waals surface area contributed by atoms with Crippen molar-refractivity contribution in [2.45, 2.75) is 37.8 Å². The molecule has 2 rings (SSSR count). The lowest BCUT2D eigenvalue weighted by atomic mass is 9.92. The first-order valence-corrected chi connectivity index (χ1v) is 5.02. The van der Waals surface area contributed by atoms with Crippen LogP contribution in [-0.4, -0.2) is 11.2 Å². The molecule has 1 N–H and O–H groups in total. The van der Waals surface area contributed by atoms with Crippen molar-refractivity contribution in [1.29, 1.82) is 0 Å². The monoisotopic (exact) mass is 178 g/mol. The smallest absolute Gasteiger partial charge is 0.183 e. The Labute approximate surface area is 78.8 Å². The number of hydrogen-bond acceptors (Lipinski definition) is 1. The number of pyridine rings is 1. The molecule has 1 aliphatic rings. The van der Waals surface area contributed by atoms with Crippen LogP contribution in [0.4, 0.5) is 0 Å². The van der Waals surface area contributed by atoms with Crippen molar-refractivity contribution < 1.29 is 9.67 Å². The van der Waals surface area contributed by atoms with E-state index < -0.39 is 0 Å². The van der Waals surface area contributed by atoms with Gasteiger partial charge in [0.15, 0.2) is 18.4 Å². The number of rotatable bonds is 1. The van der Waals surface area contributed by atoms with E-state index in [9.17, 15) is 5.11 Å². The van der Waals surface area contributed by atoms with Crippen molar-refractivity contribution in [1.82, 2.24) is 0 Å². The Hall–Kier alpha value is -0.890. The van der Waals surface area contributed by atoms with Gasteiger partial charge in [0.1, 0.15) is 6.10 Å². The maximum Gasteiger partial charge on any atom is 0.183 e. The van der Waals surface area contributed by atoms with Gasteiger partial charge in [-0.2, -0.15) is 4.57 Å². The Bertz CT molecular complexity index is 260. The summed E-state index contributed by atoms with van der Waals surface area (Å²) in [6, 6.07) is 6.34. The second kappa shape index (κ2) is 3.88. The molecule has 1 aromatic rings. The van der Waals surface area contributed by atoms with E-state index in [-0.39, 0.29) is 6.10 Å². The maximum absolute atomic E-state index is 9.80. The molecule has 0 bridgehead atoms. The molecule has 1 fully saturated rings. The van der Waals surface area contributed by atoms with E-state index in [2.05, 4.69) is 4.57 Å². The predicted molar refractivity (Wildman–Crippen MR) is 50.1 cm³/mol. The topological polar surface area (TPSA) is 24.1 Å². The molecule has 2 nitrogen and oxygen atoms in total. The Morgan fingerprint density at radius 3 is 2.38 bits per heavy atom. The van der Waals surface area contributed by atoms with Crippen LogP contribution in [0.15, 0.2) is 30.6 Å². The molecule has 0 spiro atoms. The lowest BCUT2D eigenvalue weighted by Gasteiger charge is -2.22. The van der Waals surface area contributed by atoms with Gasteiger partial charge in [0.05, 0.1) is 0 Å². The van der Waals surface area contributed by atoms with Crippen LogP contribution in [0.25, 0.3) is 0 Å². The van der Waals surface area contributed by atoms with Crippen LogP contribution in [0.1, 0.15) is 31.7 Å². The fourth-order valence-corrected chi connectivity index (χ4v) is 2.07. The number of hydrogen-bond donors (Lipinski definition) is 1. The van der Waals surface area contributed by atoms with Crippen LogP contribution in [0, 0.1) is 0 Å². The zero-order chi connectivity index (χ0) is 9.10. The van der Waals surface area contributed by atoms with Crippen molar-refractivity contribution in [2.75, 3.05) is 0 Å². The molecular formula is C11H16NO+. The van der Waals surface area contributed by atoms with E-state index >= 15 is 0 Å². The van der Waals surface area contributed by atoms with Gasteiger partial charge in [0, 0.05) is 18.6 Å². The minimum absolute atomic E-state index is 0.152. The molecule has 0 aromatic carbocycles. The molecule has 13 heavy (non-hydrogen) atoms. The van der Waals surface area contributed by atoms with Gasteiger partial charge in [0.2, 0.25) is 0 Å². The summed E-state index contributed by atoms with van der Waals surface area (Å²) in [4.78, 5) is 0. The highest BCUT2D eigenvalue weighted by atomic mass is 16.3. The Morgan fingerprint density at radius 2 is 1.69 bits per heavy atom. The standard InChI is InChI=1S/C11H16NO/c13-11-7-3-2-6-10(11)12-8-4-1-5-9-12/h1,4-5,8-11,13H,2-3,6-7H2/q+1/t10-,11-/m0/s1. The lowest BCUT2D eigenvalue weighted by Crippen LogP contribution is -2.46. The summed E-state index contributed by atoms with van der Waals surface area (Å²) in [6.45, 7) is 0. The van der Waals surface area contributed by atoms with Crippen LogP contribution in [0.5, 0.6) is 0 Å². The first-order valence-electron chi connectivity index (χ1n) is 5.02. The molecule has 1 aromatic heterocycles. The summed E-state index contributed by atoms with van der Waals surface area (Å²) < 4.78 is 2.13. The van der Waals surface area contributed by atoms with Gasteiger partial charge < -0.3 is 5.11 Å². The number of nitrogens with zero attached hydrogens (tertiary/aromatic N) is 1. The van der Waals surface area contributed by atoms with Gasteiger partial charge in [0.25, 0.3) is 0 Å².